The second kappa shape index (κ2) is 7.75. The maximum absolute atomic E-state index is 16.1. The van der Waals surface area contributed by atoms with Crippen molar-refractivity contribution >= 4 is 22.4 Å². The van der Waals surface area contributed by atoms with E-state index in [1.165, 1.54) is 0 Å². The van der Waals surface area contributed by atoms with Gasteiger partial charge in [-0.15, -0.1) is 0 Å². The van der Waals surface area contributed by atoms with E-state index in [0.29, 0.717) is 22.5 Å². The Morgan fingerprint density at radius 3 is 2.49 bits per heavy atom. The molecule has 0 bridgehead atoms. The molecule has 35 heavy (non-hydrogen) atoms. The molecule has 0 aromatic carbocycles. The number of aromatic amines is 1. The lowest BCUT2D eigenvalue weighted by atomic mass is 9.72. The third-order valence-electron chi connectivity index (χ3n) is 7.87. The molecule has 0 unspecified atom stereocenters. The first kappa shape index (κ1) is 22.5. The van der Waals surface area contributed by atoms with E-state index in [9.17, 15) is 0 Å². The summed E-state index contributed by atoms with van der Waals surface area (Å²) < 4.78 is 17.9. The number of aromatic nitrogens is 5. The second-order valence-electron chi connectivity index (χ2n) is 11.5. The van der Waals surface area contributed by atoms with Gasteiger partial charge < -0.3 is 14.8 Å². The van der Waals surface area contributed by atoms with E-state index in [1.807, 2.05) is 6.20 Å². The zero-order valence-electron chi connectivity index (χ0n) is 21.5. The van der Waals surface area contributed by atoms with Gasteiger partial charge in [-0.2, -0.15) is 5.10 Å². The van der Waals surface area contributed by atoms with Gasteiger partial charge in [-0.1, -0.05) is 27.7 Å². The Bertz CT molecular complexity index is 1430. The number of aryl methyl sites for hydroxylation is 1. The molecule has 7 nitrogen and oxygen atoms in total. The van der Waals surface area contributed by atoms with Gasteiger partial charge in [-0.3, -0.25) is 0 Å². The van der Waals surface area contributed by atoms with Crippen LogP contribution in [-0.4, -0.2) is 62.2 Å². The molecule has 0 radical (unpaired) electrons. The van der Waals surface area contributed by atoms with Crippen LogP contribution in [0.1, 0.15) is 50.3 Å². The quantitative estimate of drug-likeness (QED) is 0.443. The first-order valence-electron chi connectivity index (χ1n) is 12.6. The number of halogens is 1. The summed E-state index contributed by atoms with van der Waals surface area (Å²) >= 11 is 0. The number of anilines is 1. The fraction of sp³-hybridized carbons (Fsp3) is 0.519. The first-order chi connectivity index (χ1) is 16.7. The maximum atomic E-state index is 16.1. The van der Waals surface area contributed by atoms with Gasteiger partial charge in [0.1, 0.15) is 6.33 Å². The largest absolute Gasteiger partial charge is 0.353 e. The SMILES string of the molecule is Cc1c(-c2[nH]c3cnc(N4CC5(CN(CC(C)C)C5)C4)c(F)c3c2C(C)C)cn2ncnc2c1C. The molecule has 0 aliphatic carbocycles. The summed E-state index contributed by atoms with van der Waals surface area (Å²) in [6.07, 6.45) is 5.36. The average Bonchev–Trinajstić information content (AvgIpc) is 3.37. The lowest BCUT2D eigenvalue weighted by Crippen LogP contribution is -2.72. The Morgan fingerprint density at radius 1 is 1.06 bits per heavy atom. The highest BCUT2D eigenvalue weighted by Gasteiger charge is 2.52. The summed E-state index contributed by atoms with van der Waals surface area (Å²) in [7, 11) is 0. The summed E-state index contributed by atoms with van der Waals surface area (Å²) in [5.41, 5.74) is 7.03. The van der Waals surface area contributed by atoms with Crippen molar-refractivity contribution in [3.05, 3.63) is 41.2 Å². The minimum atomic E-state index is -0.210. The number of likely N-dealkylation sites (tertiary alicyclic amines) is 1. The third-order valence-corrected chi connectivity index (χ3v) is 7.87. The summed E-state index contributed by atoms with van der Waals surface area (Å²) in [5, 5.41) is 5.01. The molecule has 8 heteroatoms. The normalized spacial score (nSPS) is 17.8. The van der Waals surface area contributed by atoms with Crippen LogP contribution in [0.2, 0.25) is 0 Å². The van der Waals surface area contributed by atoms with Crippen LogP contribution in [0.15, 0.2) is 18.7 Å². The molecule has 184 valence electrons. The number of nitrogens with zero attached hydrogens (tertiary/aromatic N) is 6. The predicted octanol–water partition coefficient (Wildman–Crippen LogP) is 4.93. The number of hydrogen-bond donors (Lipinski definition) is 1. The topological polar surface area (TPSA) is 65.4 Å². The van der Waals surface area contributed by atoms with Crippen molar-refractivity contribution in [3.8, 4) is 11.3 Å². The van der Waals surface area contributed by atoms with E-state index >= 15 is 4.39 Å². The van der Waals surface area contributed by atoms with Gasteiger partial charge >= 0.3 is 0 Å². The van der Waals surface area contributed by atoms with Gasteiger partial charge in [0.05, 0.1) is 17.4 Å². The molecule has 1 spiro atoms. The number of H-pyrrole nitrogens is 1. The fourth-order valence-electron chi connectivity index (χ4n) is 6.29. The average molecular weight is 476 g/mol. The maximum Gasteiger partial charge on any atom is 0.175 e. The Hall–Kier alpha value is -3.00. The van der Waals surface area contributed by atoms with E-state index in [1.54, 1.807) is 17.0 Å². The summed E-state index contributed by atoms with van der Waals surface area (Å²) in [5.74, 6) is 1.09. The summed E-state index contributed by atoms with van der Waals surface area (Å²) in [4.78, 5) is 17.1. The minimum Gasteiger partial charge on any atom is -0.353 e. The van der Waals surface area contributed by atoms with Crippen molar-refractivity contribution in [3.63, 3.8) is 0 Å². The zero-order chi connectivity index (χ0) is 24.6. The van der Waals surface area contributed by atoms with Crippen LogP contribution in [0.5, 0.6) is 0 Å². The molecule has 0 saturated carbocycles. The molecule has 6 heterocycles. The molecule has 2 aliphatic rings. The fourth-order valence-corrected chi connectivity index (χ4v) is 6.29. The zero-order valence-corrected chi connectivity index (χ0v) is 21.5. The van der Waals surface area contributed by atoms with Crippen LogP contribution in [0.3, 0.4) is 0 Å². The first-order valence-corrected chi connectivity index (χ1v) is 12.6. The minimum absolute atomic E-state index is 0.133. The van der Waals surface area contributed by atoms with Crippen molar-refractivity contribution in [1.82, 2.24) is 29.5 Å². The van der Waals surface area contributed by atoms with Gasteiger partial charge in [-0.05, 0) is 42.4 Å². The molecule has 0 amide bonds. The number of rotatable bonds is 5. The van der Waals surface area contributed by atoms with Gasteiger partial charge in [-0.25, -0.2) is 18.9 Å². The van der Waals surface area contributed by atoms with Crippen LogP contribution in [0.25, 0.3) is 27.8 Å². The van der Waals surface area contributed by atoms with Crippen LogP contribution >= 0.6 is 0 Å². The van der Waals surface area contributed by atoms with Crippen LogP contribution < -0.4 is 4.90 Å². The van der Waals surface area contributed by atoms with Crippen LogP contribution in [0.4, 0.5) is 10.2 Å². The van der Waals surface area contributed by atoms with E-state index in [4.69, 9.17) is 0 Å². The Morgan fingerprint density at radius 2 is 1.80 bits per heavy atom. The predicted molar refractivity (Wildman–Crippen MR) is 138 cm³/mol. The molecule has 4 aromatic heterocycles. The molecule has 6 rings (SSSR count). The Balaban J connectivity index is 1.38. The molecule has 2 saturated heterocycles. The van der Waals surface area contributed by atoms with Crippen molar-refractivity contribution in [1.29, 1.82) is 0 Å². The smallest absolute Gasteiger partial charge is 0.175 e. The standard InChI is InChI=1S/C27H34FN7/c1-15(2)8-33-10-27(11-33)12-34(13-27)26-23(28)22-20(7-29-26)32-24(21(22)16(3)4)19-9-35-25(30-14-31-35)18(6)17(19)5/h7,9,14-16,32H,8,10-13H2,1-6H3. The van der Waals surface area contributed by atoms with E-state index in [0.717, 1.165) is 71.8 Å². The van der Waals surface area contributed by atoms with Gasteiger partial charge in [0.25, 0.3) is 0 Å². The third kappa shape index (κ3) is 3.37. The number of hydrogen-bond acceptors (Lipinski definition) is 5. The number of nitrogens with one attached hydrogen (secondary N) is 1. The lowest BCUT2D eigenvalue weighted by Gasteiger charge is -2.61. The number of pyridine rings is 2. The molecule has 1 N–H and O–H groups in total. The van der Waals surface area contributed by atoms with Crippen LogP contribution in [0, 0.1) is 31.0 Å². The Labute approximate surface area is 205 Å². The molecular formula is C27H34FN7. The molecule has 2 fully saturated rings. The van der Waals surface area contributed by atoms with Gasteiger partial charge in [0, 0.05) is 55.3 Å². The highest BCUT2D eigenvalue weighted by atomic mass is 19.1. The lowest BCUT2D eigenvalue weighted by molar-refractivity contribution is -0.0285. The van der Waals surface area contributed by atoms with E-state index in [-0.39, 0.29) is 11.7 Å². The second-order valence-corrected chi connectivity index (χ2v) is 11.5. The van der Waals surface area contributed by atoms with Crippen molar-refractivity contribution in [2.75, 3.05) is 37.6 Å². The van der Waals surface area contributed by atoms with E-state index < -0.39 is 0 Å². The van der Waals surface area contributed by atoms with Crippen molar-refractivity contribution in [2.45, 2.75) is 47.5 Å². The molecule has 2 aliphatic heterocycles. The van der Waals surface area contributed by atoms with Gasteiger partial charge in [0.15, 0.2) is 17.3 Å². The summed E-state index contributed by atoms with van der Waals surface area (Å²) in [6, 6.07) is 0. The molecule has 0 atom stereocenters. The highest BCUT2D eigenvalue weighted by Crippen LogP contribution is 2.45. The van der Waals surface area contributed by atoms with E-state index in [2.05, 4.69) is 71.4 Å². The van der Waals surface area contributed by atoms with Gasteiger partial charge in [0.2, 0.25) is 0 Å². The van der Waals surface area contributed by atoms with Crippen LogP contribution in [-0.2, 0) is 0 Å². The Kier molecular flexibility index (Phi) is 4.97. The van der Waals surface area contributed by atoms with Crippen molar-refractivity contribution < 1.29 is 4.39 Å². The highest BCUT2D eigenvalue weighted by molar-refractivity contribution is 5.94. The molecule has 4 aromatic rings. The monoisotopic (exact) mass is 475 g/mol. The molecular weight excluding hydrogens is 441 g/mol. The summed E-state index contributed by atoms with van der Waals surface area (Å²) in [6.45, 7) is 18.0. The number of fused-ring (bicyclic) bond motifs is 2. The van der Waals surface area contributed by atoms with Crippen molar-refractivity contribution in [2.24, 2.45) is 11.3 Å².